The molecule has 3 aromatic rings. The van der Waals surface area contributed by atoms with E-state index in [1.54, 1.807) is 0 Å². The molecule has 0 radical (unpaired) electrons. The van der Waals surface area contributed by atoms with Crippen molar-refractivity contribution in [3.63, 3.8) is 0 Å². The molecule has 0 saturated heterocycles. The number of hydrogen-bond donors (Lipinski definition) is 0. The van der Waals surface area contributed by atoms with Gasteiger partial charge in [-0.3, -0.25) is 4.79 Å². The number of carbonyl (C=O) groups excluding carboxylic acids is 1. The number of ketones is 1. The van der Waals surface area contributed by atoms with E-state index in [9.17, 15) is 4.79 Å². The number of rotatable bonds is 6. The molecule has 1 aliphatic carbocycles. The summed E-state index contributed by atoms with van der Waals surface area (Å²) in [6.45, 7) is 4.94. The van der Waals surface area contributed by atoms with Crippen molar-refractivity contribution in [3.05, 3.63) is 95.1 Å². The number of hydrogen-bond acceptors (Lipinski definition) is 3. The van der Waals surface area contributed by atoms with Crippen LogP contribution in [0.1, 0.15) is 42.5 Å². The molecule has 3 aromatic carbocycles. The molecule has 0 amide bonds. The molecule has 0 aromatic heterocycles. The van der Waals surface area contributed by atoms with E-state index in [-0.39, 0.29) is 5.78 Å². The van der Waals surface area contributed by atoms with Crippen molar-refractivity contribution in [1.82, 2.24) is 0 Å². The van der Waals surface area contributed by atoms with Gasteiger partial charge in [-0.05, 0) is 43.0 Å². The molecule has 3 nitrogen and oxygen atoms in total. The topological polar surface area (TPSA) is 35.5 Å². The number of ether oxygens (including phenoxy) is 2. The fourth-order valence-electron chi connectivity index (χ4n) is 3.93. The Hall–Kier alpha value is -3.07. The molecule has 0 aliphatic heterocycles. The predicted octanol–water partition coefficient (Wildman–Crippen LogP) is 5.64. The minimum Gasteiger partial charge on any atom is -0.489 e. The van der Waals surface area contributed by atoms with Crippen molar-refractivity contribution in [3.8, 4) is 11.5 Å². The van der Waals surface area contributed by atoms with Crippen LogP contribution in [0, 0.1) is 0 Å². The summed E-state index contributed by atoms with van der Waals surface area (Å²) in [6, 6.07) is 24.2. The van der Waals surface area contributed by atoms with E-state index in [0.29, 0.717) is 19.6 Å². The molecular weight excluding hydrogens is 360 g/mol. The number of Topliss-reactive ketones (excluding diaryl/α,β-unsaturated/α-hetero) is 1. The minimum absolute atomic E-state index is 0.257. The first kappa shape index (κ1) is 19.3. The Morgan fingerprint density at radius 2 is 1.38 bits per heavy atom. The van der Waals surface area contributed by atoms with E-state index in [0.717, 1.165) is 40.2 Å². The predicted molar refractivity (Wildman–Crippen MR) is 114 cm³/mol. The summed E-state index contributed by atoms with van der Waals surface area (Å²) in [5, 5.41) is 0. The molecular formula is C26H26O3. The molecule has 0 N–H and O–H groups in total. The highest BCUT2D eigenvalue weighted by molar-refractivity contribution is 5.92. The monoisotopic (exact) mass is 386 g/mol. The first-order valence-corrected chi connectivity index (χ1v) is 10.1. The lowest BCUT2D eigenvalue weighted by atomic mass is 9.71. The second-order valence-corrected chi connectivity index (χ2v) is 8.05. The van der Waals surface area contributed by atoms with Crippen LogP contribution in [-0.2, 0) is 29.8 Å². The van der Waals surface area contributed by atoms with Gasteiger partial charge in [0.2, 0.25) is 0 Å². The van der Waals surface area contributed by atoms with E-state index < -0.39 is 5.41 Å². The normalized spacial score (nSPS) is 14.9. The number of carbonyl (C=O) groups is 1. The van der Waals surface area contributed by atoms with Crippen LogP contribution in [0.3, 0.4) is 0 Å². The first-order valence-electron chi connectivity index (χ1n) is 10.1. The van der Waals surface area contributed by atoms with E-state index in [2.05, 4.69) is 6.07 Å². The molecule has 0 bridgehead atoms. The molecule has 3 heteroatoms. The Morgan fingerprint density at radius 3 is 2.00 bits per heavy atom. The van der Waals surface area contributed by atoms with Gasteiger partial charge in [0.15, 0.2) is 0 Å². The second kappa shape index (κ2) is 8.12. The summed E-state index contributed by atoms with van der Waals surface area (Å²) < 4.78 is 12.3. The Morgan fingerprint density at radius 1 is 0.793 bits per heavy atom. The van der Waals surface area contributed by atoms with Gasteiger partial charge in [-0.15, -0.1) is 0 Å². The summed E-state index contributed by atoms with van der Waals surface area (Å²) in [5.41, 5.74) is 3.79. The average molecular weight is 386 g/mol. The molecule has 0 fully saturated rings. The van der Waals surface area contributed by atoms with Crippen LogP contribution in [-0.4, -0.2) is 5.78 Å². The van der Waals surface area contributed by atoms with E-state index in [1.165, 1.54) is 0 Å². The Balaban J connectivity index is 1.65. The zero-order valence-electron chi connectivity index (χ0n) is 17.0. The lowest BCUT2D eigenvalue weighted by molar-refractivity contribution is -0.124. The number of benzene rings is 3. The SMILES string of the molecule is CC1(C)C(=O)CCc2cc(OCc3ccccc3)cc(OCc3ccccc3)c21. The lowest BCUT2D eigenvalue weighted by Gasteiger charge is -2.33. The van der Waals surface area contributed by atoms with Gasteiger partial charge < -0.3 is 9.47 Å². The van der Waals surface area contributed by atoms with Crippen molar-refractivity contribution >= 4 is 5.78 Å². The van der Waals surface area contributed by atoms with Gasteiger partial charge in [-0.25, -0.2) is 0 Å². The fraction of sp³-hybridized carbons (Fsp3) is 0.269. The minimum atomic E-state index is -0.558. The van der Waals surface area contributed by atoms with Crippen LogP contribution in [0.4, 0.5) is 0 Å². The number of fused-ring (bicyclic) bond motifs is 1. The molecule has 148 valence electrons. The largest absolute Gasteiger partial charge is 0.489 e. The van der Waals surface area contributed by atoms with Crippen molar-refractivity contribution in [2.24, 2.45) is 0 Å². The highest BCUT2D eigenvalue weighted by atomic mass is 16.5. The molecule has 0 atom stereocenters. The highest BCUT2D eigenvalue weighted by Crippen LogP contribution is 2.43. The van der Waals surface area contributed by atoms with Crippen molar-refractivity contribution < 1.29 is 14.3 Å². The maximum atomic E-state index is 12.6. The first-order chi connectivity index (χ1) is 14.0. The summed E-state index contributed by atoms with van der Waals surface area (Å²) >= 11 is 0. The quantitative estimate of drug-likeness (QED) is 0.550. The maximum Gasteiger partial charge on any atom is 0.143 e. The third-order valence-corrected chi connectivity index (χ3v) is 5.59. The summed E-state index contributed by atoms with van der Waals surface area (Å²) in [7, 11) is 0. The van der Waals surface area contributed by atoms with E-state index in [4.69, 9.17) is 9.47 Å². The van der Waals surface area contributed by atoms with Crippen molar-refractivity contribution in [2.75, 3.05) is 0 Å². The van der Waals surface area contributed by atoms with Crippen LogP contribution < -0.4 is 9.47 Å². The van der Waals surface area contributed by atoms with Crippen LogP contribution in [0.5, 0.6) is 11.5 Å². The van der Waals surface area contributed by atoms with Gasteiger partial charge in [0.1, 0.15) is 30.5 Å². The molecule has 0 spiro atoms. The van der Waals surface area contributed by atoms with Gasteiger partial charge in [0.05, 0.1) is 5.41 Å². The van der Waals surface area contributed by atoms with Gasteiger partial charge in [0.25, 0.3) is 0 Å². The number of aryl methyl sites for hydroxylation is 1. The summed E-state index contributed by atoms with van der Waals surface area (Å²) in [5.74, 6) is 1.78. The smallest absolute Gasteiger partial charge is 0.143 e. The average Bonchev–Trinajstić information content (AvgIpc) is 2.75. The molecule has 4 rings (SSSR count). The molecule has 0 saturated carbocycles. The van der Waals surface area contributed by atoms with Crippen molar-refractivity contribution in [2.45, 2.75) is 45.3 Å². The third kappa shape index (κ3) is 4.19. The lowest BCUT2D eigenvalue weighted by Crippen LogP contribution is -2.35. The van der Waals surface area contributed by atoms with Crippen LogP contribution in [0.25, 0.3) is 0 Å². The maximum absolute atomic E-state index is 12.6. The Labute approximate surface area is 172 Å². The third-order valence-electron chi connectivity index (χ3n) is 5.59. The zero-order chi connectivity index (χ0) is 20.3. The van der Waals surface area contributed by atoms with Crippen molar-refractivity contribution in [1.29, 1.82) is 0 Å². The fourth-order valence-corrected chi connectivity index (χ4v) is 3.93. The van der Waals surface area contributed by atoms with Crippen LogP contribution >= 0.6 is 0 Å². The van der Waals surface area contributed by atoms with Gasteiger partial charge in [0, 0.05) is 18.1 Å². The molecule has 0 unspecified atom stereocenters. The second-order valence-electron chi connectivity index (χ2n) is 8.05. The highest BCUT2D eigenvalue weighted by Gasteiger charge is 2.38. The molecule has 0 heterocycles. The van der Waals surface area contributed by atoms with E-state index >= 15 is 0 Å². The van der Waals surface area contributed by atoms with E-state index in [1.807, 2.05) is 80.6 Å². The van der Waals surface area contributed by atoms with Crippen LogP contribution in [0.15, 0.2) is 72.8 Å². The summed E-state index contributed by atoms with van der Waals surface area (Å²) in [6.07, 6.45) is 1.28. The Bertz CT molecular complexity index is 991. The zero-order valence-corrected chi connectivity index (χ0v) is 17.0. The standard InChI is InChI=1S/C26H26O3/c1-26(2)24(27)14-13-21-15-22(28-17-19-9-5-3-6-10-19)16-23(25(21)26)29-18-20-11-7-4-8-12-20/h3-12,15-16H,13-14,17-18H2,1-2H3. The Kier molecular flexibility index (Phi) is 5.39. The molecule has 1 aliphatic rings. The van der Waals surface area contributed by atoms with Crippen LogP contribution in [0.2, 0.25) is 0 Å². The molecule has 29 heavy (non-hydrogen) atoms. The van der Waals surface area contributed by atoms with Gasteiger partial charge in [-0.2, -0.15) is 0 Å². The van der Waals surface area contributed by atoms with Gasteiger partial charge in [-0.1, -0.05) is 60.7 Å². The summed E-state index contributed by atoms with van der Waals surface area (Å²) in [4.78, 5) is 12.6. The van der Waals surface area contributed by atoms with Gasteiger partial charge >= 0.3 is 0 Å².